The van der Waals surface area contributed by atoms with Crippen LogP contribution in [0.5, 0.6) is 0 Å². The molecule has 0 fully saturated rings. The third-order valence-electron chi connectivity index (χ3n) is 5.40. The second-order valence-electron chi connectivity index (χ2n) is 9.49. The number of aryl methyl sites for hydroxylation is 2. The zero-order chi connectivity index (χ0) is 25.9. The van der Waals surface area contributed by atoms with Crippen molar-refractivity contribution in [1.29, 1.82) is 0 Å². The van der Waals surface area contributed by atoms with Gasteiger partial charge in [0.2, 0.25) is 5.82 Å². The number of hydrogen-bond donors (Lipinski definition) is 1. The first-order valence-electron chi connectivity index (χ1n) is 11.8. The molecular weight excluding hydrogens is 460 g/mol. The Morgan fingerprint density at radius 3 is 2.44 bits per heavy atom. The van der Waals surface area contributed by atoms with E-state index in [1.54, 1.807) is 24.3 Å². The molecule has 0 saturated heterocycles. The lowest BCUT2D eigenvalue weighted by molar-refractivity contribution is -0.128. The monoisotopic (exact) mass is 490 g/mol. The van der Waals surface area contributed by atoms with Crippen LogP contribution in [-0.4, -0.2) is 37.6 Å². The minimum absolute atomic E-state index is 0.248. The van der Waals surface area contributed by atoms with E-state index >= 15 is 0 Å². The van der Waals surface area contributed by atoms with Gasteiger partial charge in [-0.05, 0) is 81.3 Å². The normalized spacial score (nSPS) is 12.4. The lowest BCUT2D eigenvalue weighted by Gasteiger charge is -2.32. The van der Waals surface area contributed by atoms with Crippen molar-refractivity contribution in [3.8, 4) is 11.6 Å². The van der Waals surface area contributed by atoms with Gasteiger partial charge in [-0.25, -0.2) is 0 Å². The van der Waals surface area contributed by atoms with E-state index in [2.05, 4.69) is 27.7 Å². The van der Waals surface area contributed by atoms with Gasteiger partial charge in [0.25, 0.3) is 11.8 Å². The minimum Gasteiger partial charge on any atom is -0.467 e. The highest BCUT2D eigenvalue weighted by atomic mass is 16.3. The van der Waals surface area contributed by atoms with Crippen molar-refractivity contribution in [1.82, 2.24) is 25.5 Å². The average Bonchev–Trinajstić information content (AvgIpc) is 3.58. The van der Waals surface area contributed by atoms with Gasteiger partial charge in [-0.2, -0.15) is 4.80 Å². The van der Waals surface area contributed by atoms with Crippen molar-refractivity contribution < 1.29 is 18.4 Å². The fourth-order valence-corrected chi connectivity index (χ4v) is 3.75. The molecule has 0 aliphatic carbocycles. The fraction of sp³-hybridized carbons (Fsp3) is 0.346. The maximum atomic E-state index is 13.8. The van der Waals surface area contributed by atoms with Crippen LogP contribution >= 0.6 is 0 Å². The first-order valence-corrected chi connectivity index (χ1v) is 11.8. The Kier molecular flexibility index (Phi) is 7.05. The van der Waals surface area contributed by atoms with Crippen molar-refractivity contribution in [3.05, 3.63) is 71.9 Å². The molecule has 2 amide bonds. The summed E-state index contributed by atoms with van der Waals surface area (Å²) >= 11 is 0. The summed E-state index contributed by atoms with van der Waals surface area (Å²) in [5.74, 6) is 0.986. The number of tetrazole rings is 1. The van der Waals surface area contributed by atoms with Crippen LogP contribution < -0.4 is 10.2 Å². The van der Waals surface area contributed by atoms with Gasteiger partial charge in [0.05, 0.1) is 6.26 Å². The summed E-state index contributed by atoms with van der Waals surface area (Å²) in [6.45, 7) is 9.25. The molecule has 0 bridgehead atoms. The van der Waals surface area contributed by atoms with Gasteiger partial charge >= 0.3 is 0 Å². The third-order valence-corrected chi connectivity index (χ3v) is 5.40. The number of benzene rings is 1. The largest absolute Gasteiger partial charge is 0.467 e. The lowest BCUT2D eigenvalue weighted by Crippen LogP contribution is -2.50. The smallest absolute Gasteiger partial charge is 0.251 e. The Bertz CT molecular complexity index is 1320. The number of carbonyl (C=O) groups is 2. The topological polar surface area (TPSA) is 119 Å². The van der Waals surface area contributed by atoms with Crippen LogP contribution in [0.2, 0.25) is 0 Å². The summed E-state index contributed by atoms with van der Waals surface area (Å²) < 4.78 is 11.2. The first kappa shape index (κ1) is 24.9. The van der Waals surface area contributed by atoms with Crippen LogP contribution in [0.4, 0.5) is 5.69 Å². The zero-order valence-electron chi connectivity index (χ0n) is 21.1. The molecule has 0 aliphatic rings. The van der Waals surface area contributed by atoms with Crippen LogP contribution in [0.15, 0.2) is 63.6 Å². The zero-order valence-corrected chi connectivity index (χ0v) is 21.1. The number of carbonyl (C=O) groups excluding carboxylic acids is 2. The standard InChI is InChI=1S/C26H30N6O4/c1-6-18-10-12-19(13-11-18)32(23(20-8-7-15-35-20)25(34)27-26(3,4)5)22(33)16-31-29-24(28-30-31)21-14-9-17(2)36-21/h7-15,23H,6,16H2,1-5H3,(H,27,34). The number of amides is 2. The molecule has 4 rings (SSSR count). The Labute approximate surface area is 209 Å². The predicted octanol–water partition coefficient (Wildman–Crippen LogP) is 4.09. The van der Waals surface area contributed by atoms with E-state index in [-0.39, 0.29) is 18.3 Å². The van der Waals surface area contributed by atoms with Crippen LogP contribution in [0.3, 0.4) is 0 Å². The Hall–Kier alpha value is -4.21. The molecule has 1 unspecified atom stereocenters. The number of nitrogens with one attached hydrogen (secondary N) is 1. The Balaban J connectivity index is 1.71. The van der Waals surface area contributed by atoms with E-state index in [0.717, 1.165) is 12.0 Å². The summed E-state index contributed by atoms with van der Waals surface area (Å²) in [6.07, 6.45) is 2.32. The molecule has 0 saturated carbocycles. The lowest BCUT2D eigenvalue weighted by atomic mass is 10.0. The molecule has 10 heteroatoms. The molecule has 188 valence electrons. The van der Waals surface area contributed by atoms with Crippen LogP contribution in [0, 0.1) is 6.92 Å². The number of anilines is 1. The number of rotatable bonds is 8. The maximum Gasteiger partial charge on any atom is 0.251 e. The highest BCUT2D eigenvalue weighted by molar-refractivity contribution is 6.01. The summed E-state index contributed by atoms with van der Waals surface area (Å²) in [6, 6.07) is 13.4. The third kappa shape index (κ3) is 5.70. The van der Waals surface area contributed by atoms with Crippen LogP contribution in [0.1, 0.15) is 50.8 Å². The van der Waals surface area contributed by atoms with Crippen molar-refractivity contribution in [3.63, 3.8) is 0 Å². The average molecular weight is 491 g/mol. The van der Waals surface area contributed by atoms with E-state index in [1.165, 1.54) is 16.0 Å². The summed E-state index contributed by atoms with van der Waals surface area (Å²) in [5.41, 5.74) is 1.13. The second kappa shape index (κ2) is 10.2. The van der Waals surface area contributed by atoms with Crippen molar-refractivity contribution >= 4 is 17.5 Å². The molecule has 10 nitrogen and oxygen atoms in total. The molecule has 3 aromatic heterocycles. The van der Waals surface area contributed by atoms with Gasteiger partial charge in [0, 0.05) is 11.2 Å². The predicted molar refractivity (Wildman–Crippen MR) is 133 cm³/mol. The van der Waals surface area contributed by atoms with Gasteiger partial charge < -0.3 is 14.2 Å². The molecule has 0 radical (unpaired) electrons. The van der Waals surface area contributed by atoms with Gasteiger partial charge in [-0.3, -0.25) is 14.5 Å². The molecule has 4 aromatic rings. The summed E-state index contributed by atoms with van der Waals surface area (Å²) in [5, 5.41) is 15.3. The number of aromatic nitrogens is 4. The summed E-state index contributed by atoms with van der Waals surface area (Å²) in [7, 11) is 0. The SMILES string of the molecule is CCc1ccc(N(C(=O)Cn2nnc(-c3ccc(C)o3)n2)C(C(=O)NC(C)(C)C)c2ccco2)cc1. The van der Waals surface area contributed by atoms with Crippen LogP contribution in [-0.2, 0) is 22.6 Å². The second-order valence-corrected chi connectivity index (χ2v) is 9.49. The molecule has 1 N–H and O–H groups in total. The Morgan fingerprint density at radius 2 is 1.86 bits per heavy atom. The quantitative estimate of drug-likeness (QED) is 0.395. The van der Waals surface area contributed by atoms with E-state index in [0.29, 0.717) is 23.0 Å². The highest BCUT2D eigenvalue weighted by Gasteiger charge is 2.36. The van der Waals surface area contributed by atoms with E-state index in [9.17, 15) is 9.59 Å². The van der Waals surface area contributed by atoms with Crippen LogP contribution in [0.25, 0.3) is 11.6 Å². The number of hydrogen-bond acceptors (Lipinski definition) is 7. The van der Waals surface area contributed by atoms with E-state index in [4.69, 9.17) is 8.83 Å². The van der Waals surface area contributed by atoms with Crippen molar-refractivity contribution in [2.45, 2.75) is 59.2 Å². The first-order chi connectivity index (χ1) is 17.1. The van der Waals surface area contributed by atoms with E-state index < -0.39 is 17.5 Å². The van der Waals surface area contributed by atoms with Gasteiger partial charge in [0.15, 0.2) is 11.8 Å². The molecule has 36 heavy (non-hydrogen) atoms. The molecule has 0 aliphatic heterocycles. The van der Waals surface area contributed by atoms with E-state index in [1.807, 2.05) is 52.0 Å². The highest BCUT2D eigenvalue weighted by Crippen LogP contribution is 2.30. The summed E-state index contributed by atoms with van der Waals surface area (Å²) in [4.78, 5) is 29.9. The van der Waals surface area contributed by atoms with Gasteiger partial charge in [-0.15, -0.1) is 10.2 Å². The molecule has 1 aromatic carbocycles. The molecule has 0 spiro atoms. The molecule has 3 heterocycles. The van der Waals surface area contributed by atoms with Gasteiger partial charge in [-0.1, -0.05) is 19.1 Å². The maximum absolute atomic E-state index is 13.8. The minimum atomic E-state index is -1.05. The van der Waals surface area contributed by atoms with Crippen molar-refractivity contribution in [2.24, 2.45) is 0 Å². The Morgan fingerprint density at radius 1 is 1.11 bits per heavy atom. The number of furan rings is 2. The number of nitrogens with zero attached hydrogens (tertiary/aromatic N) is 5. The molecule has 1 atom stereocenters. The van der Waals surface area contributed by atoms with Crippen molar-refractivity contribution in [2.75, 3.05) is 4.90 Å². The van der Waals surface area contributed by atoms with Gasteiger partial charge in [0.1, 0.15) is 18.1 Å². The fourth-order valence-electron chi connectivity index (χ4n) is 3.75. The molecular formula is C26H30N6O4.